The van der Waals surface area contributed by atoms with E-state index >= 15 is 0 Å². The minimum atomic E-state index is -1.23. The number of carboxylic acid groups (broad SMARTS) is 1. The summed E-state index contributed by atoms with van der Waals surface area (Å²) in [6.45, 7) is 8.72. The number of piperazine rings is 1. The summed E-state index contributed by atoms with van der Waals surface area (Å²) < 4.78 is 5.93. The van der Waals surface area contributed by atoms with E-state index in [1.807, 2.05) is 30.3 Å². The number of aliphatic carboxylic acids is 1. The summed E-state index contributed by atoms with van der Waals surface area (Å²) in [6.07, 6.45) is 2.27. The molecule has 0 radical (unpaired) electrons. The molecule has 1 unspecified atom stereocenters. The molecule has 198 valence electrons. The van der Waals surface area contributed by atoms with Crippen molar-refractivity contribution < 1.29 is 14.6 Å². The predicted molar refractivity (Wildman–Crippen MR) is 150 cm³/mol. The molecule has 37 heavy (non-hydrogen) atoms. The van der Waals surface area contributed by atoms with Gasteiger partial charge >= 0.3 is 5.97 Å². The van der Waals surface area contributed by atoms with Crippen molar-refractivity contribution in [2.45, 2.75) is 38.5 Å². The van der Waals surface area contributed by atoms with Gasteiger partial charge in [-0.2, -0.15) is 0 Å². The molecule has 3 aromatic rings. The largest absolute Gasteiger partial charge is 0.494 e. The second-order valence-corrected chi connectivity index (χ2v) is 10.5. The molecule has 2 N–H and O–H groups in total. The van der Waals surface area contributed by atoms with Gasteiger partial charge in [-0.3, -0.25) is 14.5 Å². The van der Waals surface area contributed by atoms with Gasteiger partial charge < -0.3 is 19.7 Å². The summed E-state index contributed by atoms with van der Waals surface area (Å²) in [7, 11) is 0. The molecule has 2 heterocycles. The summed E-state index contributed by atoms with van der Waals surface area (Å²) >= 11 is 12.5. The zero-order valence-electron chi connectivity index (χ0n) is 21.2. The smallest absolute Gasteiger partial charge is 0.314 e. The Morgan fingerprint density at radius 2 is 1.86 bits per heavy atom. The van der Waals surface area contributed by atoms with Crippen LogP contribution in [0, 0.1) is 0 Å². The molecular weight excluding hydrogens is 513 g/mol. The number of halogens is 2. The highest BCUT2D eigenvalue weighted by Crippen LogP contribution is 2.33. The van der Waals surface area contributed by atoms with Crippen LogP contribution < -0.4 is 15.2 Å². The molecule has 0 bridgehead atoms. The number of unbranched alkanes of at least 4 members (excludes halogenated alkanes) is 1. The van der Waals surface area contributed by atoms with E-state index in [1.54, 1.807) is 26.0 Å². The Kier molecular flexibility index (Phi) is 8.67. The van der Waals surface area contributed by atoms with Gasteiger partial charge in [-0.05, 0) is 68.4 Å². The highest BCUT2D eigenvalue weighted by Gasteiger charge is 2.35. The third-order valence-electron chi connectivity index (χ3n) is 7.37. The maximum Gasteiger partial charge on any atom is 0.314 e. The fourth-order valence-corrected chi connectivity index (χ4v) is 5.13. The van der Waals surface area contributed by atoms with Crippen LogP contribution in [0.4, 0.5) is 5.69 Å². The van der Waals surface area contributed by atoms with E-state index in [0.29, 0.717) is 34.3 Å². The zero-order valence-corrected chi connectivity index (χ0v) is 22.7. The van der Waals surface area contributed by atoms with E-state index < -0.39 is 11.4 Å². The molecule has 0 amide bonds. The Labute approximate surface area is 226 Å². The molecule has 9 heteroatoms. The van der Waals surface area contributed by atoms with Crippen molar-refractivity contribution >= 4 is 45.8 Å². The number of nitrogens with zero attached hydrogens (tertiary/aromatic N) is 2. The van der Waals surface area contributed by atoms with Crippen LogP contribution in [0.2, 0.25) is 10.0 Å². The van der Waals surface area contributed by atoms with E-state index in [0.717, 1.165) is 56.6 Å². The number of ether oxygens (including phenoxy) is 1. The van der Waals surface area contributed by atoms with E-state index in [-0.39, 0.29) is 11.1 Å². The number of benzene rings is 2. The Morgan fingerprint density at radius 3 is 2.57 bits per heavy atom. The second kappa shape index (κ2) is 11.8. The lowest BCUT2D eigenvalue weighted by Crippen LogP contribution is -2.46. The molecule has 0 saturated carbocycles. The van der Waals surface area contributed by atoms with Gasteiger partial charge in [0.15, 0.2) is 0 Å². The highest BCUT2D eigenvalue weighted by atomic mass is 35.5. The van der Waals surface area contributed by atoms with Crippen LogP contribution in [-0.4, -0.2) is 60.3 Å². The lowest BCUT2D eigenvalue weighted by atomic mass is 9.80. The Bertz CT molecular complexity index is 1320. The number of rotatable bonds is 10. The number of fused-ring (bicyclic) bond motifs is 1. The van der Waals surface area contributed by atoms with Gasteiger partial charge in [0, 0.05) is 37.8 Å². The van der Waals surface area contributed by atoms with Crippen LogP contribution in [0.3, 0.4) is 0 Å². The standard InChI is InChI=1S/C28H33Cl2N3O4/c1-3-28(2,27(35)36)21-17-19-9-10-20(18-23(19)31-26(21)34)37-16-5-4-11-32-12-14-33(15-13-32)24-8-6-7-22(29)25(24)30/h6-10,17-18H,3-5,11-16H2,1-2H3,(H,31,34)(H,35,36). The summed E-state index contributed by atoms with van der Waals surface area (Å²) in [4.78, 5) is 32.0. The van der Waals surface area contributed by atoms with Crippen LogP contribution in [0.5, 0.6) is 5.75 Å². The number of carbonyl (C=O) groups is 1. The van der Waals surface area contributed by atoms with Crippen molar-refractivity contribution in [2.75, 3.05) is 44.2 Å². The topological polar surface area (TPSA) is 85.9 Å². The van der Waals surface area contributed by atoms with Gasteiger partial charge in [-0.25, -0.2) is 0 Å². The Balaban J connectivity index is 1.25. The van der Waals surface area contributed by atoms with Gasteiger partial charge in [-0.1, -0.05) is 36.2 Å². The average Bonchev–Trinajstić information content (AvgIpc) is 2.89. The summed E-state index contributed by atoms with van der Waals surface area (Å²) in [5.41, 5.74) is 0.282. The number of hydrogen-bond donors (Lipinski definition) is 2. The molecule has 1 fully saturated rings. The quantitative estimate of drug-likeness (QED) is 0.324. The predicted octanol–water partition coefficient (Wildman–Crippen LogP) is 5.57. The minimum Gasteiger partial charge on any atom is -0.494 e. The van der Waals surface area contributed by atoms with Crippen molar-refractivity contribution in [3.05, 3.63) is 68.4 Å². The lowest BCUT2D eigenvalue weighted by Gasteiger charge is -2.36. The molecule has 2 aromatic carbocycles. The fourth-order valence-electron chi connectivity index (χ4n) is 4.71. The molecule has 1 aromatic heterocycles. The summed E-state index contributed by atoms with van der Waals surface area (Å²) in [5, 5.41) is 11.6. The van der Waals surface area contributed by atoms with Crippen molar-refractivity contribution in [1.29, 1.82) is 0 Å². The molecule has 0 aliphatic carbocycles. The molecule has 1 saturated heterocycles. The monoisotopic (exact) mass is 545 g/mol. The Hall–Kier alpha value is -2.74. The number of carboxylic acids is 1. The number of aromatic amines is 1. The van der Waals surface area contributed by atoms with Crippen LogP contribution in [0.25, 0.3) is 10.9 Å². The average molecular weight is 546 g/mol. The normalized spacial score (nSPS) is 16.1. The molecule has 1 aliphatic heterocycles. The number of aromatic nitrogens is 1. The first-order valence-electron chi connectivity index (χ1n) is 12.7. The molecular formula is C28H33Cl2N3O4. The maximum atomic E-state index is 12.7. The number of anilines is 1. The fraction of sp³-hybridized carbons (Fsp3) is 0.429. The molecule has 7 nitrogen and oxygen atoms in total. The van der Waals surface area contributed by atoms with Crippen LogP contribution in [0.1, 0.15) is 38.7 Å². The van der Waals surface area contributed by atoms with Crippen molar-refractivity contribution in [1.82, 2.24) is 9.88 Å². The van der Waals surface area contributed by atoms with Gasteiger partial charge in [0.05, 0.1) is 33.3 Å². The van der Waals surface area contributed by atoms with E-state index in [4.69, 9.17) is 27.9 Å². The summed E-state index contributed by atoms with van der Waals surface area (Å²) in [5.74, 6) is -0.327. The number of H-pyrrole nitrogens is 1. The van der Waals surface area contributed by atoms with Crippen molar-refractivity contribution in [3.63, 3.8) is 0 Å². The number of hydrogen-bond acceptors (Lipinski definition) is 5. The molecule has 1 aliphatic rings. The number of pyridine rings is 1. The first-order chi connectivity index (χ1) is 17.7. The van der Waals surface area contributed by atoms with Gasteiger partial charge in [-0.15, -0.1) is 0 Å². The third kappa shape index (κ3) is 6.06. The number of nitrogens with one attached hydrogen (secondary N) is 1. The first-order valence-corrected chi connectivity index (χ1v) is 13.4. The van der Waals surface area contributed by atoms with Gasteiger partial charge in [0.1, 0.15) is 5.75 Å². The van der Waals surface area contributed by atoms with E-state index in [2.05, 4.69) is 14.8 Å². The minimum absolute atomic E-state index is 0.264. The highest BCUT2D eigenvalue weighted by molar-refractivity contribution is 6.43. The maximum absolute atomic E-state index is 12.7. The van der Waals surface area contributed by atoms with Crippen molar-refractivity contribution in [3.8, 4) is 5.75 Å². The molecule has 4 rings (SSSR count). The van der Waals surface area contributed by atoms with Gasteiger partial charge in [0.25, 0.3) is 5.56 Å². The van der Waals surface area contributed by atoms with Crippen LogP contribution in [0.15, 0.2) is 47.3 Å². The molecule has 1 atom stereocenters. The van der Waals surface area contributed by atoms with E-state index in [1.165, 1.54) is 0 Å². The van der Waals surface area contributed by atoms with Crippen molar-refractivity contribution in [2.24, 2.45) is 0 Å². The SMILES string of the molecule is CCC(C)(C(=O)O)c1cc2ccc(OCCCCN3CCN(c4cccc(Cl)c4Cl)CC3)cc2[nH]c1=O. The van der Waals surface area contributed by atoms with E-state index in [9.17, 15) is 14.7 Å². The second-order valence-electron chi connectivity index (χ2n) is 9.71. The first kappa shape index (κ1) is 27.3. The van der Waals surface area contributed by atoms with Crippen LogP contribution in [-0.2, 0) is 10.2 Å². The third-order valence-corrected chi connectivity index (χ3v) is 8.18. The van der Waals surface area contributed by atoms with Crippen LogP contribution >= 0.6 is 23.2 Å². The zero-order chi connectivity index (χ0) is 26.6. The summed E-state index contributed by atoms with van der Waals surface area (Å²) in [6, 6.07) is 12.9. The van der Waals surface area contributed by atoms with Gasteiger partial charge in [0.2, 0.25) is 0 Å². The lowest BCUT2D eigenvalue weighted by molar-refractivity contribution is -0.143. The molecule has 0 spiro atoms. The Morgan fingerprint density at radius 1 is 1.11 bits per heavy atom.